The molecule has 4 rings (SSSR count). The summed E-state index contributed by atoms with van der Waals surface area (Å²) in [5, 5.41) is 12.2. The zero-order valence-corrected chi connectivity index (χ0v) is 24.6. The Hall–Kier alpha value is -1.44. The van der Waals surface area contributed by atoms with Gasteiger partial charge in [-0.05, 0) is 93.5 Å². The predicted molar refractivity (Wildman–Crippen MR) is 155 cm³/mol. The maximum absolute atomic E-state index is 12.9. The number of benzene rings is 2. The molecule has 2 fully saturated rings. The largest absolute Gasteiger partial charge is 0.388 e. The molecule has 1 atom stereocenters. The van der Waals surface area contributed by atoms with Crippen LogP contribution in [-0.4, -0.2) is 77.1 Å². The second-order valence-corrected chi connectivity index (χ2v) is 12.2. The van der Waals surface area contributed by atoms with Crippen LogP contribution in [0.5, 0.6) is 0 Å². The van der Waals surface area contributed by atoms with Crippen molar-refractivity contribution in [2.45, 2.75) is 58.1 Å². The summed E-state index contributed by atoms with van der Waals surface area (Å²) in [6.07, 6.45) is 4.39. The van der Waals surface area contributed by atoms with Crippen LogP contribution in [0.1, 0.15) is 56.2 Å². The lowest BCUT2D eigenvalue weighted by Gasteiger charge is -2.43. The fourth-order valence-corrected chi connectivity index (χ4v) is 6.41. The Morgan fingerprint density at radius 3 is 2.43 bits per heavy atom. The number of β-amino-alcohol motifs (C(OH)–C–C–N with tert-alkyl or cyclic N) is 1. The minimum atomic E-state index is -0.681. The van der Waals surface area contributed by atoms with Gasteiger partial charge in [-0.2, -0.15) is 0 Å². The van der Waals surface area contributed by atoms with Gasteiger partial charge in [0, 0.05) is 55.3 Å². The molecule has 1 N–H and O–H groups in total. The molecule has 7 heteroatoms. The monoisotopic (exact) mass is 589 g/mol. The molecule has 2 heterocycles. The van der Waals surface area contributed by atoms with Gasteiger partial charge in [0.05, 0.1) is 11.5 Å². The van der Waals surface area contributed by atoms with E-state index in [1.54, 1.807) is 0 Å². The average Bonchev–Trinajstić information content (AvgIpc) is 2.89. The Balaban J connectivity index is 1.33. The summed E-state index contributed by atoms with van der Waals surface area (Å²) in [7, 11) is 0. The third-order valence-corrected chi connectivity index (χ3v) is 8.85. The molecule has 0 saturated carbocycles. The Morgan fingerprint density at radius 2 is 1.76 bits per heavy atom. The van der Waals surface area contributed by atoms with Gasteiger partial charge >= 0.3 is 0 Å². The lowest BCUT2D eigenvalue weighted by Crippen LogP contribution is -2.53. The third-order valence-electron chi connectivity index (χ3n) is 8.10. The Kier molecular flexibility index (Phi) is 10.1. The van der Waals surface area contributed by atoms with Crippen LogP contribution in [0.15, 0.2) is 46.9 Å². The van der Waals surface area contributed by atoms with Crippen LogP contribution in [0.25, 0.3) is 0 Å². The highest BCUT2D eigenvalue weighted by Crippen LogP contribution is 2.29. The van der Waals surface area contributed by atoms with Gasteiger partial charge in [-0.15, -0.1) is 0 Å². The minimum Gasteiger partial charge on any atom is -0.388 e. The van der Waals surface area contributed by atoms with E-state index in [2.05, 4.69) is 56.1 Å². The van der Waals surface area contributed by atoms with Crippen LogP contribution in [-0.2, 0) is 17.8 Å². The number of aliphatic hydroxyl groups is 1. The fraction of sp³-hybridized carbons (Fsp3) is 0.567. The number of halogens is 2. The molecule has 1 unspecified atom stereocenters. The van der Waals surface area contributed by atoms with Crippen molar-refractivity contribution in [3.05, 3.63) is 68.7 Å². The number of rotatable bonds is 9. The predicted octanol–water partition coefficient (Wildman–Crippen LogP) is 5.60. The van der Waals surface area contributed by atoms with Crippen molar-refractivity contribution >= 4 is 33.4 Å². The summed E-state index contributed by atoms with van der Waals surface area (Å²) in [4.78, 5) is 19.6. The summed E-state index contributed by atoms with van der Waals surface area (Å²) in [6.45, 7) is 10.7. The van der Waals surface area contributed by atoms with E-state index < -0.39 is 5.60 Å². The van der Waals surface area contributed by atoms with E-state index in [4.69, 9.17) is 11.6 Å². The molecule has 37 heavy (non-hydrogen) atoms. The lowest BCUT2D eigenvalue weighted by atomic mass is 9.88. The summed E-state index contributed by atoms with van der Waals surface area (Å²) < 4.78 is 1.09. The molecule has 0 aromatic heterocycles. The second-order valence-electron chi connectivity index (χ2n) is 10.8. The maximum Gasteiger partial charge on any atom is 0.226 e. The second kappa shape index (κ2) is 13.1. The maximum atomic E-state index is 12.9. The topological polar surface area (TPSA) is 47.0 Å². The normalized spacial score (nSPS) is 20.6. The van der Waals surface area contributed by atoms with Crippen molar-refractivity contribution < 1.29 is 9.90 Å². The number of hydrogen-bond acceptors (Lipinski definition) is 4. The van der Waals surface area contributed by atoms with E-state index in [9.17, 15) is 9.90 Å². The first-order valence-corrected chi connectivity index (χ1v) is 14.9. The van der Waals surface area contributed by atoms with Crippen LogP contribution in [0.4, 0.5) is 0 Å². The highest BCUT2D eigenvalue weighted by molar-refractivity contribution is 9.10. The van der Waals surface area contributed by atoms with Crippen molar-refractivity contribution in [2.75, 3.05) is 45.8 Å². The van der Waals surface area contributed by atoms with Gasteiger partial charge in [-0.3, -0.25) is 14.6 Å². The van der Waals surface area contributed by atoms with Crippen LogP contribution in [0, 0.1) is 5.92 Å². The van der Waals surface area contributed by atoms with Crippen molar-refractivity contribution in [1.82, 2.24) is 14.7 Å². The molecule has 5 nitrogen and oxygen atoms in total. The molecule has 202 valence electrons. The van der Waals surface area contributed by atoms with Crippen LogP contribution < -0.4 is 0 Å². The first-order chi connectivity index (χ1) is 17.8. The minimum absolute atomic E-state index is 0.0629. The van der Waals surface area contributed by atoms with Gasteiger partial charge in [-0.1, -0.05) is 45.7 Å². The number of nitrogens with zero attached hydrogens (tertiary/aromatic N) is 3. The highest BCUT2D eigenvalue weighted by Gasteiger charge is 2.37. The average molecular weight is 591 g/mol. The van der Waals surface area contributed by atoms with Gasteiger partial charge in [0.2, 0.25) is 5.91 Å². The number of hydrogen-bond donors (Lipinski definition) is 1. The molecule has 2 aliphatic rings. The quantitative estimate of drug-likeness (QED) is 0.413. The van der Waals surface area contributed by atoms with Gasteiger partial charge in [0.1, 0.15) is 0 Å². The molecule has 0 spiro atoms. The van der Waals surface area contributed by atoms with E-state index in [0.29, 0.717) is 6.54 Å². The van der Waals surface area contributed by atoms with Crippen molar-refractivity contribution in [3.8, 4) is 0 Å². The van der Waals surface area contributed by atoms with E-state index >= 15 is 0 Å². The van der Waals surface area contributed by atoms with E-state index in [0.717, 1.165) is 87.4 Å². The van der Waals surface area contributed by atoms with Gasteiger partial charge in [0.15, 0.2) is 0 Å². The number of piperidine rings is 2. The molecular weight excluding hydrogens is 550 g/mol. The van der Waals surface area contributed by atoms with E-state index in [1.807, 2.05) is 30.9 Å². The molecule has 2 aromatic rings. The van der Waals surface area contributed by atoms with Crippen molar-refractivity contribution in [2.24, 2.45) is 5.92 Å². The summed E-state index contributed by atoms with van der Waals surface area (Å²) >= 11 is 9.73. The number of carbonyl (C=O) groups is 1. The summed E-state index contributed by atoms with van der Waals surface area (Å²) in [5.74, 6) is 0.341. The molecule has 0 bridgehead atoms. The molecule has 2 saturated heterocycles. The van der Waals surface area contributed by atoms with E-state index in [1.165, 1.54) is 16.7 Å². The van der Waals surface area contributed by atoms with E-state index in [-0.39, 0.29) is 11.8 Å². The van der Waals surface area contributed by atoms with Crippen molar-refractivity contribution in [3.63, 3.8) is 0 Å². The van der Waals surface area contributed by atoms with Crippen LogP contribution in [0.3, 0.4) is 0 Å². The SMILES string of the molecule is CCN(CC)C(=O)C1CCCN(CC2(O)CCN(Cc3cc(Br)ccc3Cc3ccc(Cl)cc3)CC2)C1. The van der Waals surface area contributed by atoms with Crippen molar-refractivity contribution in [1.29, 1.82) is 0 Å². The number of carbonyl (C=O) groups excluding carboxylic acids is 1. The molecule has 2 aromatic carbocycles. The third kappa shape index (κ3) is 7.79. The Morgan fingerprint density at radius 1 is 1.05 bits per heavy atom. The van der Waals surface area contributed by atoms with Crippen LogP contribution in [0.2, 0.25) is 5.02 Å². The first-order valence-electron chi connectivity index (χ1n) is 13.8. The fourth-order valence-electron chi connectivity index (χ4n) is 5.87. The number of amides is 1. The van der Waals surface area contributed by atoms with Gasteiger partial charge in [0.25, 0.3) is 0 Å². The Bertz CT molecular complexity index is 1040. The first kappa shape index (κ1) is 28.6. The van der Waals surface area contributed by atoms with Crippen LogP contribution >= 0.6 is 27.5 Å². The molecule has 1 amide bonds. The zero-order valence-electron chi connectivity index (χ0n) is 22.3. The van der Waals surface area contributed by atoms with Gasteiger partial charge in [-0.25, -0.2) is 0 Å². The zero-order chi connectivity index (χ0) is 26.4. The smallest absolute Gasteiger partial charge is 0.226 e. The van der Waals surface area contributed by atoms with Gasteiger partial charge < -0.3 is 10.0 Å². The summed E-state index contributed by atoms with van der Waals surface area (Å²) in [5.41, 5.74) is 3.22. The molecule has 0 aliphatic carbocycles. The summed E-state index contributed by atoms with van der Waals surface area (Å²) in [6, 6.07) is 14.6. The molecule has 2 aliphatic heterocycles. The Labute approximate surface area is 235 Å². The number of likely N-dealkylation sites (tertiary alicyclic amines) is 2. The molecular formula is C30H41BrClN3O2. The standard InChI is InChI=1S/C30H41BrClN3O2/c1-3-35(4-2)29(36)25-6-5-15-34(20-25)22-30(37)13-16-33(17-14-30)21-26-19-27(31)10-9-24(26)18-23-7-11-28(32)12-8-23/h7-12,19,25,37H,3-6,13-18,20-22H2,1-2H3. The highest BCUT2D eigenvalue weighted by atomic mass is 79.9. The molecule has 0 radical (unpaired) electrons. The lowest BCUT2D eigenvalue weighted by molar-refractivity contribution is -0.137.